The summed E-state index contributed by atoms with van der Waals surface area (Å²) in [7, 11) is 3.24. The van der Waals surface area contributed by atoms with Crippen molar-refractivity contribution in [2.75, 3.05) is 33.9 Å². The summed E-state index contributed by atoms with van der Waals surface area (Å²) in [6.07, 6.45) is 1.77. The number of benzene rings is 1. The summed E-state index contributed by atoms with van der Waals surface area (Å²) < 4.78 is 5.23. The van der Waals surface area contributed by atoms with E-state index in [2.05, 4.69) is 10.6 Å². The van der Waals surface area contributed by atoms with Crippen LogP contribution in [0.4, 0.5) is 0 Å². The van der Waals surface area contributed by atoms with Gasteiger partial charge in [0.05, 0.1) is 13.2 Å². The average molecular weight is 378 g/mol. The van der Waals surface area contributed by atoms with Gasteiger partial charge < -0.3 is 26.0 Å². The van der Waals surface area contributed by atoms with E-state index in [4.69, 9.17) is 10.5 Å². The van der Waals surface area contributed by atoms with Gasteiger partial charge in [0, 0.05) is 20.1 Å². The minimum atomic E-state index is -0.811. The van der Waals surface area contributed by atoms with E-state index >= 15 is 0 Å². The van der Waals surface area contributed by atoms with Crippen molar-refractivity contribution < 1.29 is 19.1 Å². The van der Waals surface area contributed by atoms with Crippen LogP contribution in [0.2, 0.25) is 0 Å². The molecule has 0 heterocycles. The van der Waals surface area contributed by atoms with Crippen LogP contribution in [0.3, 0.4) is 0 Å². The van der Waals surface area contributed by atoms with Crippen molar-refractivity contribution in [3.8, 4) is 0 Å². The Morgan fingerprint density at radius 1 is 1.15 bits per heavy atom. The number of nitrogens with two attached hydrogens (primary N) is 1. The van der Waals surface area contributed by atoms with Gasteiger partial charge in [-0.3, -0.25) is 14.4 Å². The van der Waals surface area contributed by atoms with E-state index in [1.165, 1.54) is 4.90 Å². The van der Waals surface area contributed by atoms with Gasteiger partial charge in [-0.05, 0) is 12.0 Å². The van der Waals surface area contributed by atoms with Crippen LogP contribution in [-0.2, 0) is 19.1 Å². The molecule has 0 aromatic heterocycles. The number of nitrogens with one attached hydrogen (secondary N) is 2. The fraction of sp³-hybridized carbons (Fsp3) is 0.526. The lowest BCUT2D eigenvalue weighted by molar-refractivity contribution is -0.134. The molecule has 2 atom stereocenters. The maximum Gasteiger partial charge on any atom is 0.249 e. The highest BCUT2D eigenvalue weighted by atomic mass is 16.5. The molecule has 0 aliphatic heterocycles. The molecule has 0 bridgehead atoms. The number of hydrogen-bond acceptors (Lipinski definition) is 5. The second-order valence-electron chi connectivity index (χ2n) is 6.48. The van der Waals surface area contributed by atoms with Gasteiger partial charge in [-0.25, -0.2) is 0 Å². The number of likely N-dealkylation sites (N-methyl/N-ethyl adjacent to an activating group) is 1. The minimum Gasteiger partial charge on any atom is -0.370 e. The molecule has 0 radical (unpaired) electrons. The predicted molar refractivity (Wildman–Crippen MR) is 103 cm³/mol. The second-order valence-corrected chi connectivity index (χ2v) is 6.48. The van der Waals surface area contributed by atoms with Gasteiger partial charge in [0.25, 0.3) is 0 Å². The summed E-state index contributed by atoms with van der Waals surface area (Å²) in [5, 5.41) is 5.13. The molecular formula is C19H30N4O4. The maximum atomic E-state index is 12.4. The summed E-state index contributed by atoms with van der Waals surface area (Å²) in [6.45, 7) is 1.91. The number of ether oxygens (including phenoxy) is 1. The highest BCUT2D eigenvalue weighted by Crippen LogP contribution is 2.14. The van der Waals surface area contributed by atoms with E-state index in [0.717, 1.165) is 12.8 Å². The topological polar surface area (TPSA) is 114 Å². The number of carbonyl (C=O) groups excluding carboxylic acids is 3. The molecule has 0 aliphatic carbocycles. The lowest BCUT2D eigenvalue weighted by Gasteiger charge is -2.22. The summed E-state index contributed by atoms with van der Waals surface area (Å²) in [6, 6.07) is 8.02. The zero-order valence-corrected chi connectivity index (χ0v) is 16.2. The fourth-order valence-corrected chi connectivity index (χ4v) is 2.39. The van der Waals surface area contributed by atoms with Crippen LogP contribution in [0.15, 0.2) is 30.3 Å². The number of rotatable bonds is 11. The molecule has 1 aromatic carbocycles. The van der Waals surface area contributed by atoms with E-state index in [1.807, 2.05) is 13.0 Å². The van der Waals surface area contributed by atoms with Gasteiger partial charge in [0.1, 0.15) is 12.6 Å². The van der Waals surface area contributed by atoms with Crippen LogP contribution in [0.5, 0.6) is 0 Å². The molecule has 0 aliphatic rings. The van der Waals surface area contributed by atoms with E-state index in [-0.39, 0.29) is 25.1 Å². The molecule has 3 amide bonds. The van der Waals surface area contributed by atoms with E-state index in [1.54, 1.807) is 38.4 Å². The zero-order chi connectivity index (χ0) is 20.2. The van der Waals surface area contributed by atoms with Crippen LogP contribution in [-0.4, -0.2) is 62.5 Å². The molecule has 0 saturated heterocycles. The van der Waals surface area contributed by atoms with Crippen LogP contribution in [0.25, 0.3) is 0 Å². The highest BCUT2D eigenvalue weighted by Gasteiger charge is 2.24. The van der Waals surface area contributed by atoms with Gasteiger partial charge in [-0.15, -0.1) is 0 Å². The highest BCUT2D eigenvalue weighted by molar-refractivity contribution is 5.90. The average Bonchev–Trinajstić information content (AvgIpc) is 2.64. The van der Waals surface area contributed by atoms with Crippen molar-refractivity contribution in [1.82, 2.24) is 15.5 Å². The first-order valence-electron chi connectivity index (χ1n) is 9.00. The molecule has 0 saturated carbocycles. The molecule has 8 nitrogen and oxygen atoms in total. The Kier molecular flexibility index (Phi) is 10.1. The Balaban J connectivity index is 2.48. The Labute approximate surface area is 160 Å². The van der Waals surface area contributed by atoms with Gasteiger partial charge in [0.15, 0.2) is 0 Å². The lowest BCUT2D eigenvalue weighted by atomic mass is 10.1. The van der Waals surface area contributed by atoms with Gasteiger partial charge in [-0.1, -0.05) is 43.7 Å². The summed E-state index contributed by atoms with van der Waals surface area (Å²) >= 11 is 0. The van der Waals surface area contributed by atoms with Crippen molar-refractivity contribution in [2.45, 2.75) is 31.8 Å². The first kappa shape index (κ1) is 22.6. The Morgan fingerprint density at radius 2 is 1.81 bits per heavy atom. The first-order valence-corrected chi connectivity index (χ1v) is 9.00. The van der Waals surface area contributed by atoms with Crippen molar-refractivity contribution in [3.63, 3.8) is 0 Å². The van der Waals surface area contributed by atoms with Crippen molar-refractivity contribution in [1.29, 1.82) is 0 Å². The number of carbonyl (C=O) groups is 3. The molecule has 150 valence electrons. The summed E-state index contributed by atoms with van der Waals surface area (Å²) in [5.41, 5.74) is 6.47. The SMILES string of the molecule is CCCC(N)COCC(=O)NCC(=O)NC(C(=O)N(C)C)c1ccccc1. The van der Waals surface area contributed by atoms with Crippen LogP contribution >= 0.6 is 0 Å². The number of amides is 3. The summed E-state index contributed by atoms with van der Waals surface area (Å²) in [5.74, 6) is -1.13. The molecule has 8 heteroatoms. The molecule has 4 N–H and O–H groups in total. The minimum absolute atomic E-state index is 0.102. The fourth-order valence-electron chi connectivity index (χ4n) is 2.39. The van der Waals surface area contributed by atoms with Crippen molar-refractivity contribution in [2.24, 2.45) is 5.73 Å². The molecular weight excluding hydrogens is 348 g/mol. The quantitative estimate of drug-likeness (QED) is 0.509. The smallest absolute Gasteiger partial charge is 0.249 e. The molecule has 27 heavy (non-hydrogen) atoms. The monoisotopic (exact) mass is 378 g/mol. The summed E-state index contributed by atoms with van der Waals surface area (Å²) in [4.78, 5) is 37.7. The molecule has 0 spiro atoms. The van der Waals surface area contributed by atoms with Crippen LogP contribution in [0, 0.1) is 0 Å². The van der Waals surface area contributed by atoms with Gasteiger partial charge in [-0.2, -0.15) is 0 Å². The lowest BCUT2D eigenvalue weighted by Crippen LogP contribution is -2.44. The molecule has 2 unspecified atom stereocenters. The number of nitrogens with zero attached hydrogens (tertiary/aromatic N) is 1. The number of hydrogen-bond donors (Lipinski definition) is 3. The third-order valence-electron chi connectivity index (χ3n) is 3.80. The van der Waals surface area contributed by atoms with E-state index in [0.29, 0.717) is 12.2 Å². The standard InChI is InChI=1S/C19H30N4O4/c1-4-8-15(20)12-27-13-17(25)21-11-16(24)22-18(19(26)23(2)3)14-9-6-5-7-10-14/h5-7,9-10,15,18H,4,8,11-13,20H2,1-3H3,(H,21,25)(H,22,24). The molecule has 1 aromatic rings. The third-order valence-corrected chi connectivity index (χ3v) is 3.80. The largest absolute Gasteiger partial charge is 0.370 e. The van der Waals surface area contributed by atoms with Crippen LogP contribution < -0.4 is 16.4 Å². The molecule has 0 fully saturated rings. The van der Waals surface area contributed by atoms with E-state index in [9.17, 15) is 14.4 Å². The Hall–Kier alpha value is -2.45. The second kappa shape index (κ2) is 12.0. The van der Waals surface area contributed by atoms with Gasteiger partial charge in [0.2, 0.25) is 17.7 Å². The Morgan fingerprint density at radius 3 is 2.41 bits per heavy atom. The predicted octanol–water partition coefficient (Wildman–Crippen LogP) is 0.192. The van der Waals surface area contributed by atoms with Crippen molar-refractivity contribution in [3.05, 3.63) is 35.9 Å². The zero-order valence-electron chi connectivity index (χ0n) is 16.2. The maximum absolute atomic E-state index is 12.4. The van der Waals surface area contributed by atoms with E-state index < -0.39 is 17.9 Å². The van der Waals surface area contributed by atoms with Gasteiger partial charge >= 0.3 is 0 Å². The van der Waals surface area contributed by atoms with Crippen LogP contribution in [0.1, 0.15) is 31.4 Å². The third kappa shape index (κ3) is 8.65. The van der Waals surface area contributed by atoms with Crippen molar-refractivity contribution >= 4 is 17.7 Å². The first-order chi connectivity index (χ1) is 12.8. The Bertz CT molecular complexity index is 607. The normalized spacial score (nSPS) is 12.7. The molecule has 1 rings (SSSR count).